The molecule has 0 fully saturated rings. The van der Waals surface area contributed by atoms with Gasteiger partial charge in [-0.15, -0.1) is 0 Å². The predicted octanol–water partition coefficient (Wildman–Crippen LogP) is 3.34. The topological polar surface area (TPSA) is 20.3 Å². The number of ketones is 1. The molecule has 0 radical (unpaired) electrons. The van der Waals surface area contributed by atoms with Gasteiger partial charge in [0.25, 0.3) is 0 Å². The van der Waals surface area contributed by atoms with Crippen LogP contribution in [-0.2, 0) is 12.8 Å². The summed E-state index contributed by atoms with van der Waals surface area (Å²) >= 11 is 0. The zero-order valence-corrected chi connectivity index (χ0v) is 12.6. The molecule has 1 aliphatic rings. The molecule has 0 amide bonds. The van der Waals surface area contributed by atoms with Crippen molar-refractivity contribution in [2.75, 3.05) is 20.1 Å². The van der Waals surface area contributed by atoms with Gasteiger partial charge in [-0.1, -0.05) is 32.9 Å². The Kier molecular flexibility index (Phi) is 4.10. The number of aryl methyl sites for hydroxylation is 2. The molecule has 2 nitrogen and oxygen atoms in total. The third kappa shape index (κ3) is 3.90. The molecule has 1 aromatic rings. The zero-order valence-electron chi connectivity index (χ0n) is 12.6. The summed E-state index contributed by atoms with van der Waals surface area (Å²) in [7, 11) is 2.02. The predicted molar refractivity (Wildman–Crippen MR) is 79.7 cm³/mol. The van der Waals surface area contributed by atoms with Gasteiger partial charge in [-0.3, -0.25) is 9.69 Å². The van der Waals surface area contributed by atoms with E-state index in [0.29, 0.717) is 6.54 Å². The van der Waals surface area contributed by atoms with Crippen molar-refractivity contribution in [1.82, 2.24) is 4.90 Å². The van der Waals surface area contributed by atoms with Gasteiger partial charge in [-0.05, 0) is 48.9 Å². The van der Waals surface area contributed by atoms with E-state index < -0.39 is 0 Å². The number of Topliss-reactive ketones (excluding diaryl/α,β-unsaturated/α-hetero) is 1. The molecule has 0 aromatic heterocycles. The Labute approximate surface area is 116 Å². The van der Waals surface area contributed by atoms with E-state index >= 15 is 0 Å². The second-order valence-corrected chi connectivity index (χ2v) is 6.99. The van der Waals surface area contributed by atoms with Crippen molar-refractivity contribution in [3.63, 3.8) is 0 Å². The van der Waals surface area contributed by atoms with Crippen molar-refractivity contribution in [3.8, 4) is 0 Å². The van der Waals surface area contributed by atoms with Crippen molar-refractivity contribution in [2.45, 2.75) is 40.0 Å². The van der Waals surface area contributed by atoms with Crippen LogP contribution in [0.25, 0.3) is 0 Å². The van der Waals surface area contributed by atoms with Crippen molar-refractivity contribution < 1.29 is 4.79 Å². The highest BCUT2D eigenvalue weighted by atomic mass is 16.1. The number of benzene rings is 1. The lowest BCUT2D eigenvalue weighted by Gasteiger charge is -2.25. The molecule has 1 aliphatic carbocycles. The molecule has 0 aliphatic heterocycles. The lowest BCUT2D eigenvalue weighted by molar-refractivity contribution is 0.0927. The van der Waals surface area contributed by atoms with E-state index in [2.05, 4.69) is 37.8 Å². The van der Waals surface area contributed by atoms with Gasteiger partial charge in [0.15, 0.2) is 5.78 Å². The Hall–Kier alpha value is -1.15. The third-order valence-electron chi connectivity index (χ3n) is 3.58. The molecule has 0 N–H and O–H groups in total. The molecule has 0 spiro atoms. The van der Waals surface area contributed by atoms with Gasteiger partial charge in [-0.2, -0.15) is 0 Å². The Morgan fingerprint density at radius 2 is 1.89 bits per heavy atom. The number of nitrogens with zero attached hydrogens (tertiary/aromatic N) is 1. The molecule has 0 saturated heterocycles. The van der Waals surface area contributed by atoms with E-state index in [1.54, 1.807) is 0 Å². The molecule has 104 valence electrons. The van der Waals surface area contributed by atoms with Crippen LogP contribution in [0.1, 0.15) is 48.7 Å². The monoisotopic (exact) mass is 259 g/mol. The van der Waals surface area contributed by atoms with Crippen LogP contribution in [0.2, 0.25) is 0 Å². The maximum atomic E-state index is 12.3. The minimum Gasteiger partial charge on any atom is -0.298 e. The molecule has 0 unspecified atom stereocenters. The summed E-state index contributed by atoms with van der Waals surface area (Å²) in [6.07, 6.45) is 3.54. The number of rotatable bonds is 4. The summed E-state index contributed by atoms with van der Waals surface area (Å²) in [6.45, 7) is 8.04. The van der Waals surface area contributed by atoms with E-state index in [-0.39, 0.29) is 11.2 Å². The summed E-state index contributed by atoms with van der Waals surface area (Å²) in [6, 6.07) is 6.24. The van der Waals surface area contributed by atoms with Gasteiger partial charge >= 0.3 is 0 Å². The average Bonchev–Trinajstić information content (AvgIpc) is 2.72. The highest BCUT2D eigenvalue weighted by molar-refractivity contribution is 5.97. The molecular formula is C17H25NO. The molecule has 0 atom stereocenters. The van der Waals surface area contributed by atoms with E-state index in [0.717, 1.165) is 18.5 Å². The Bertz CT molecular complexity index is 471. The molecule has 0 saturated carbocycles. The normalized spacial score (nSPS) is 14.8. The molecule has 1 aromatic carbocycles. The Morgan fingerprint density at radius 1 is 1.21 bits per heavy atom. The number of carbonyl (C=O) groups excluding carboxylic acids is 1. The maximum Gasteiger partial charge on any atom is 0.176 e. The first kappa shape index (κ1) is 14.3. The zero-order chi connectivity index (χ0) is 14.0. The minimum atomic E-state index is 0.229. The number of carbonyl (C=O) groups is 1. The first-order valence-corrected chi connectivity index (χ1v) is 7.19. The number of hydrogen-bond acceptors (Lipinski definition) is 2. The van der Waals surface area contributed by atoms with Gasteiger partial charge in [0.2, 0.25) is 0 Å². The van der Waals surface area contributed by atoms with Crippen molar-refractivity contribution in [2.24, 2.45) is 5.41 Å². The first-order chi connectivity index (χ1) is 8.85. The van der Waals surface area contributed by atoms with Crippen molar-refractivity contribution in [1.29, 1.82) is 0 Å². The first-order valence-electron chi connectivity index (χ1n) is 7.19. The summed E-state index contributed by atoms with van der Waals surface area (Å²) < 4.78 is 0. The second-order valence-electron chi connectivity index (χ2n) is 6.99. The van der Waals surface area contributed by atoms with E-state index in [1.807, 2.05) is 13.1 Å². The van der Waals surface area contributed by atoms with Crippen LogP contribution in [0.3, 0.4) is 0 Å². The number of fused-ring (bicyclic) bond motifs is 1. The third-order valence-corrected chi connectivity index (χ3v) is 3.58. The molecule has 0 bridgehead atoms. The van der Waals surface area contributed by atoms with Gasteiger partial charge in [0, 0.05) is 12.1 Å². The average molecular weight is 259 g/mol. The largest absolute Gasteiger partial charge is 0.298 e. The van der Waals surface area contributed by atoms with Crippen LogP contribution < -0.4 is 0 Å². The summed E-state index contributed by atoms with van der Waals surface area (Å²) in [5.41, 5.74) is 3.91. The summed E-state index contributed by atoms with van der Waals surface area (Å²) in [5, 5.41) is 0. The fourth-order valence-electron chi connectivity index (χ4n) is 2.95. The van der Waals surface area contributed by atoms with Crippen LogP contribution in [-0.4, -0.2) is 30.8 Å². The van der Waals surface area contributed by atoms with E-state index in [4.69, 9.17) is 0 Å². The standard InChI is InChI=1S/C17H25NO/c1-17(2,3)12-18(4)11-16(19)15-9-8-13-6-5-7-14(13)10-15/h8-10H,5-7,11-12H2,1-4H3. The van der Waals surface area contributed by atoms with Crippen molar-refractivity contribution in [3.05, 3.63) is 34.9 Å². The lowest BCUT2D eigenvalue weighted by Crippen LogP contribution is -2.33. The quantitative estimate of drug-likeness (QED) is 0.773. The molecule has 19 heavy (non-hydrogen) atoms. The van der Waals surface area contributed by atoms with E-state index in [9.17, 15) is 4.79 Å². The van der Waals surface area contributed by atoms with Crippen molar-refractivity contribution >= 4 is 5.78 Å². The molecule has 2 rings (SSSR count). The molecule has 2 heteroatoms. The fourth-order valence-corrected chi connectivity index (χ4v) is 2.95. The van der Waals surface area contributed by atoms with Crippen LogP contribution in [0.5, 0.6) is 0 Å². The molecular weight excluding hydrogens is 234 g/mol. The lowest BCUT2D eigenvalue weighted by atomic mass is 9.96. The van der Waals surface area contributed by atoms with Gasteiger partial charge < -0.3 is 0 Å². The molecule has 0 heterocycles. The summed E-state index contributed by atoms with van der Waals surface area (Å²) in [4.78, 5) is 14.4. The van der Waals surface area contributed by atoms with Crippen LogP contribution >= 0.6 is 0 Å². The smallest absolute Gasteiger partial charge is 0.176 e. The van der Waals surface area contributed by atoms with Crippen LogP contribution in [0.15, 0.2) is 18.2 Å². The second kappa shape index (κ2) is 5.46. The van der Waals surface area contributed by atoms with Crippen LogP contribution in [0, 0.1) is 5.41 Å². The summed E-state index contributed by atoms with van der Waals surface area (Å²) in [5.74, 6) is 0.237. The Morgan fingerprint density at radius 3 is 2.58 bits per heavy atom. The highest BCUT2D eigenvalue weighted by Gasteiger charge is 2.18. The fraction of sp³-hybridized carbons (Fsp3) is 0.588. The minimum absolute atomic E-state index is 0.229. The SMILES string of the molecule is CN(CC(=O)c1ccc2c(c1)CCC2)CC(C)(C)C. The van der Waals surface area contributed by atoms with Gasteiger partial charge in [0.1, 0.15) is 0 Å². The van der Waals surface area contributed by atoms with E-state index in [1.165, 1.54) is 24.0 Å². The highest BCUT2D eigenvalue weighted by Crippen LogP contribution is 2.23. The number of hydrogen-bond donors (Lipinski definition) is 0. The number of likely N-dealkylation sites (N-methyl/N-ethyl adjacent to an activating group) is 1. The maximum absolute atomic E-state index is 12.3. The van der Waals surface area contributed by atoms with Gasteiger partial charge in [-0.25, -0.2) is 0 Å². The Balaban J connectivity index is 2.00. The van der Waals surface area contributed by atoms with Crippen LogP contribution in [0.4, 0.5) is 0 Å². The van der Waals surface area contributed by atoms with Gasteiger partial charge in [0.05, 0.1) is 6.54 Å².